The van der Waals surface area contributed by atoms with Gasteiger partial charge in [-0.3, -0.25) is 32.9 Å². The Morgan fingerprint density at radius 2 is 1.57 bits per heavy atom. The van der Waals surface area contributed by atoms with E-state index in [0.717, 1.165) is 21.8 Å². The maximum absolute atomic E-state index is 13.4. The molecular formula is C39H40N9O19P3. The normalized spacial score (nSPS) is 21.5. The SMILES string of the molecule is Nc1nc2c(ncn2[C@@H]2O[C@H](COP(=O)(O)OP(=O)(O)OP(=O)(O)c3cn(CCCCCCNC(=O)c4ccc5c(c4)C(=O)OC54c5ccc(O)cc5Oc5cc(O)ccc54)nn3)[C@@H](O)[C@H]2O)c(=O)[nH]1. The lowest BCUT2D eigenvalue weighted by Crippen LogP contribution is -2.33. The highest BCUT2D eigenvalue weighted by Crippen LogP contribution is 2.67. The Morgan fingerprint density at radius 3 is 2.29 bits per heavy atom. The number of carbonyl (C=O) groups is 2. The topological polar surface area (TPSA) is 415 Å². The van der Waals surface area contributed by atoms with Gasteiger partial charge in [-0.25, -0.2) is 23.2 Å². The Morgan fingerprint density at radius 1 is 0.886 bits per heavy atom. The van der Waals surface area contributed by atoms with Gasteiger partial charge in [-0.2, -0.15) is 9.29 Å². The Labute approximate surface area is 391 Å². The number of phenols is 2. The zero-order valence-corrected chi connectivity index (χ0v) is 38.4. The number of hydrogen-bond donors (Lipinski definition) is 10. The van der Waals surface area contributed by atoms with E-state index in [4.69, 9.17) is 19.9 Å². The van der Waals surface area contributed by atoms with Gasteiger partial charge in [-0.05, 0) is 49.2 Å². The number of phenolic OH excluding ortho intramolecular Hbond substituents is 2. The highest BCUT2D eigenvalue weighted by molar-refractivity contribution is 7.71. The van der Waals surface area contributed by atoms with Crippen molar-refractivity contribution in [3.05, 3.63) is 105 Å². The van der Waals surface area contributed by atoms with Crippen molar-refractivity contribution in [1.29, 1.82) is 0 Å². The summed E-state index contributed by atoms with van der Waals surface area (Å²) in [6, 6.07) is 13.4. The van der Waals surface area contributed by atoms with Crippen LogP contribution in [0.25, 0.3) is 11.2 Å². The highest BCUT2D eigenvalue weighted by atomic mass is 31.3. The molecule has 370 valence electrons. The van der Waals surface area contributed by atoms with E-state index < -0.39 is 82.9 Å². The first-order valence-electron chi connectivity index (χ1n) is 20.9. The molecule has 6 aromatic rings. The van der Waals surface area contributed by atoms with Crippen LogP contribution >= 0.6 is 23.2 Å². The molecule has 3 aromatic heterocycles. The van der Waals surface area contributed by atoms with E-state index in [2.05, 4.69) is 43.7 Å². The van der Waals surface area contributed by atoms with E-state index in [9.17, 15) is 63.2 Å². The summed E-state index contributed by atoms with van der Waals surface area (Å²) < 4.78 is 71.1. The Bertz CT molecular complexity index is 3220. The predicted octanol–water partition coefficient (Wildman–Crippen LogP) is 1.64. The average molecular weight is 1030 g/mol. The summed E-state index contributed by atoms with van der Waals surface area (Å²) in [5.74, 6) is -1.19. The number of benzene rings is 3. The number of amides is 1. The molecule has 0 aliphatic carbocycles. The third kappa shape index (κ3) is 9.35. The fraction of sp³-hybridized carbons (Fsp3) is 0.308. The average Bonchev–Trinajstić information content (AvgIpc) is 4.07. The van der Waals surface area contributed by atoms with Crippen LogP contribution in [-0.2, 0) is 48.5 Å². The molecule has 7 atom stereocenters. The van der Waals surface area contributed by atoms with E-state index in [-0.39, 0.29) is 64.3 Å². The largest absolute Gasteiger partial charge is 0.508 e. The summed E-state index contributed by atoms with van der Waals surface area (Å²) >= 11 is 0. The van der Waals surface area contributed by atoms with Crippen molar-refractivity contribution in [3.63, 3.8) is 0 Å². The number of phosphoric acid groups is 2. The van der Waals surface area contributed by atoms with Gasteiger partial charge < -0.3 is 60.4 Å². The maximum Gasteiger partial charge on any atom is 0.488 e. The predicted molar refractivity (Wildman–Crippen MR) is 235 cm³/mol. The van der Waals surface area contributed by atoms with Crippen molar-refractivity contribution >= 4 is 57.7 Å². The molecule has 1 fully saturated rings. The third-order valence-corrected chi connectivity index (χ3v) is 16.0. The molecule has 1 saturated heterocycles. The zero-order chi connectivity index (χ0) is 49.9. The molecule has 70 heavy (non-hydrogen) atoms. The summed E-state index contributed by atoms with van der Waals surface area (Å²) in [7, 11) is -16.9. The number of nitrogens with one attached hydrogen (secondary N) is 2. The van der Waals surface area contributed by atoms with Gasteiger partial charge in [0.25, 0.3) is 11.5 Å². The van der Waals surface area contributed by atoms with E-state index in [1.54, 1.807) is 24.3 Å². The fourth-order valence-electron chi connectivity index (χ4n) is 8.17. The van der Waals surface area contributed by atoms with Crippen molar-refractivity contribution in [2.45, 2.75) is 62.4 Å². The molecule has 3 aliphatic heterocycles. The molecule has 3 aliphatic rings. The monoisotopic (exact) mass is 1030 g/mol. The summed E-state index contributed by atoms with van der Waals surface area (Å²) in [5.41, 5.74) is 3.92. The molecule has 9 rings (SSSR count). The summed E-state index contributed by atoms with van der Waals surface area (Å²) in [4.78, 5) is 79.4. The Kier molecular flexibility index (Phi) is 12.8. The van der Waals surface area contributed by atoms with Crippen LogP contribution in [0.15, 0.2) is 71.9 Å². The van der Waals surface area contributed by atoms with Crippen molar-refractivity contribution in [2.24, 2.45) is 0 Å². The van der Waals surface area contributed by atoms with Crippen LogP contribution in [0.1, 0.15) is 69.3 Å². The number of hydrogen-bond acceptors (Lipinski definition) is 21. The number of phosphoric ester groups is 1. The van der Waals surface area contributed by atoms with Crippen molar-refractivity contribution in [1.82, 2.24) is 39.8 Å². The van der Waals surface area contributed by atoms with Gasteiger partial charge in [0.05, 0.1) is 24.7 Å². The minimum absolute atomic E-state index is 0.0893. The van der Waals surface area contributed by atoms with Gasteiger partial charge in [0, 0.05) is 47.5 Å². The number of anilines is 1. The summed E-state index contributed by atoms with van der Waals surface area (Å²) in [5, 5.41) is 51.4. The lowest BCUT2D eigenvalue weighted by atomic mass is 9.77. The molecule has 0 radical (unpaired) electrons. The molecule has 1 spiro atoms. The van der Waals surface area contributed by atoms with Crippen LogP contribution < -0.4 is 26.8 Å². The van der Waals surface area contributed by atoms with Gasteiger partial charge in [-0.1, -0.05) is 24.1 Å². The van der Waals surface area contributed by atoms with Gasteiger partial charge in [0.2, 0.25) is 5.95 Å². The fourth-order valence-corrected chi connectivity index (χ4v) is 12.0. The molecule has 3 unspecified atom stereocenters. The number of aliphatic hydroxyl groups is 2. The molecule has 28 nitrogen and oxygen atoms in total. The molecule has 31 heteroatoms. The number of unbranched alkanes of at least 4 members (excludes halogenated alkanes) is 3. The second-order valence-corrected chi connectivity index (χ2v) is 21.0. The highest BCUT2D eigenvalue weighted by Gasteiger charge is 2.54. The van der Waals surface area contributed by atoms with Gasteiger partial charge in [0.1, 0.15) is 41.3 Å². The number of nitrogens with two attached hydrogens (primary N) is 1. The lowest BCUT2D eigenvalue weighted by molar-refractivity contribution is -0.0503. The number of aromatic nitrogens is 7. The second kappa shape index (κ2) is 18.4. The van der Waals surface area contributed by atoms with Crippen molar-refractivity contribution in [2.75, 3.05) is 18.9 Å². The number of esters is 1. The number of nitrogens with zero attached hydrogens (tertiary/aromatic N) is 6. The first-order valence-corrected chi connectivity index (χ1v) is 25.4. The number of aliphatic hydroxyl groups excluding tert-OH is 2. The Balaban J connectivity index is 0.723. The minimum Gasteiger partial charge on any atom is -0.508 e. The number of imidazole rings is 1. The molecule has 1 amide bonds. The Hall–Kier alpha value is -6.38. The molecule has 6 heterocycles. The second-order valence-electron chi connectivity index (χ2n) is 16.0. The lowest BCUT2D eigenvalue weighted by Gasteiger charge is -2.36. The number of carbonyl (C=O) groups excluding carboxylic acids is 2. The van der Waals surface area contributed by atoms with Gasteiger partial charge >= 0.3 is 29.2 Å². The van der Waals surface area contributed by atoms with Crippen LogP contribution in [0.3, 0.4) is 0 Å². The third-order valence-electron chi connectivity index (χ3n) is 11.3. The van der Waals surface area contributed by atoms with Gasteiger partial charge in [-0.15, -0.1) is 5.10 Å². The zero-order valence-electron chi connectivity index (χ0n) is 35.7. The van der Waals surface area contributed by atoms with Crippen LogP contribution in [0.4, 0.5) is 5.95 Å². The molecular weight excluding hydrogens is 991 g/mol. The van der Waals surface area contributed by atoms with Crippen LogP contribution in [-0.4, -0.2) is 113 Å². The first kappa shape index (κ1) is 48.6. The standard InChI is InChI=1S/C39H40N9O19P3/c40-38-43-33-30(35(54)44-38)42-18-48(33)36-32(52)31(51)28(64-36)17-62-69(58,59)67-70(60,61)66-68(56,57)29-16-47(46-45-29)12-4-2-1-3-11-41-34(53)19-5-8-23-22(13-19)37(55)65-39(23)24-9-6-20(49)14-26(24)63-27-15-21(50)7-10-25(27)39/h5-10,13-16,18,28,31-32,36,49-52H,1-4,11-12,17H2,(H,41,53)(H,56,57)(H,58,59)(H,60,61)(H3,40,43,44,54)/t28-,31-,32-,36-/m1/s1. The van der Waals surface area contributed by atoms with Crippen molar-refractivity contribution in [3.8, 4) is 23.0 Å². The van der Waals surface area contributed by atoms with E-state index >= 15 is 0 Å². The van der Waals surface area contributed by atoms with E-state index in [1.165, 1.54) is 30.3 Å². The van der Waals surface area contributed by atoms with Crippen LogP contribution in [0, 0.1) is 0 Å². The van der Waals surface area contributed by atoms with Crippen molar-refractivity contribution < 1.29 is 85.7 Å². The number of fused-ring (bicyclic) bond motifs is 7. The summed E-state index contributed by atoms with van der Waals surface area (Å²) in [6.45, 7) is -0.620. The quantitative estimate of drug-likeness (QED) is 0.0353. The van der Waals surface area contributed by atoms with Gasteiger partial charge in [0.15, 0.2) is 28.4 Å². The first-order chi connectivity index (χ1) is 33.1. The number of nitrogen functional groups attached to an aromatic ring is 1. The molecule has 3 aromatic carbocycles. The molecule has 11 N–H and O–H groups in total. The minimum atomic E-state index is -5.89. The van der Waals surface area contributed by atoms with Crippen LogP contribution in [0.2, 0.25) is 0 Å². The maximum atomic E-state index is 13.4. The number of aryl methyl sites for hydroxylation is 1. The number of aromatic hydroxyl groups is 2. The number of aromatic amines is 1. The smallest absolute Gasteiger partial charge is 0.488 e. The number of ether oxygens (including phenoxy) is 3. The van der Waals surface area contributed by atoms with E-state index in [1.807, 2.05) is 0 Å². The summed E-state index contributed by atoms with van der Waals surface area (Å²) in [6.07, 6.45) is -2.38. The van der Waals surface area contributed by atoms with E-state index in [0.29, 0.717) is 42.4 Å². The van der Waals surface area contributed by atoms with Crippen LogP contribution in [0.5, 0.6) is 23.0 Å². The molecule has 0 saturated carbocycles. The molecule has 0 bridgehead atoms. The number of rotatable bonds is 17. The number of H-pyrrole nitrogens is 1.